The second-order valence-corrected chi connectivity index (χ2v) is 6.33. The van der Waals surface area contributed by atoms with Crippen molar-refractivity contribution in [2.24, 2.45) is 5.73 Å². The highest BCUT2D eigenvalue weighted by Crippen LogP contribution is 2.20. The van der Waals surface area contributed by atoms with Gasteiger partial charge in [0.25, 0.3) is 0 Å². The first-order valence-electron chi connectivity index (χ1n) is 7.13. The third-order valence-corrected chi connectivity index (χ3v) is 4.26. The molecular formula is C15H24BrCl2N3O2. The Labute approximate surface area is 158 Å². The fraction of sp³-hybridized carbons (Fsp3) is 0.533. The van der Waals surface area contributed by atoms with Crippen LogP contribution in [0.1, 0.15) is 12.5 Å². The molecule has 3 N–H and O–H groups in total. The summed E-state index contributed by atoms with van der Waals surface area (Å²) in [6, 6.07) is 7.51. The molecule has 2 rings (SSSR count). The summed E-state index contributed by atoms with van der Waals surface area (Å²) in [5, 5.41) is 2.93. The molecule has 5 nitrogen and oxygen atoms in total. The molecule has 1 aliphatic rings. The van der Waals surface area contributed by atoms with Gasteiger partial charge in [-0.3, -0.25) is 9.69 Å². The smallest absolute Gasteiger partial charge is 0.244 e. The summed E-state index contributed by atoms with van der Waals surface area (Å²) in [7, 11) is 0. The highest BCUT2D eigenvalue weighted by molar-refractivity contribution is 9.10. The number of amides is 1. The maximum Gasteiger partial charge on any atom is 0.244 e. The van der Waals surface area contributed by atoms with Gasteiger partial charge in [-0.25, -0.2) is 0 Å². The molecule has 0 bridgehead atoms. The van der Waals surface area contributed by atoms with E-state index in [9.17, 15) is 4.79 Å². The lowest BCUT2D eigenvalue weighted by molar-refractivity contribution is -0.126. The number of benzene rings is 1. The van der Waals surface area contributed by atoms with Crippen LogP contribution in [-0.4, -0.2) is 50.2 Å². The average Bonchev–Trinajstić information content (AvgIpc) is 2.48. The minimum atomic E-state index is -1.02. The lowest BCUT2D eigenvalue weighted by Crippen LogP contribution is -2.51. The third-order valence-electron chi connectivity index (χ3n) is 3.73. The highest BCUT2D eigenvalue weighted by atomic mass is 79.9. The van der Waals surface area contributed by atoms with E-state index in [1.54, 1.807) is 6.92 Å². The average molecular weight is 429 g/mol. The van der Waals surface area contributed by atoms with Gasteiger partial charge in [-0.15, -0.1) is 24.8 Å². The van der Waals surface area contributed by atoms with Gasteiger partial charge >= 0.3 is 0 Å². The van der Waals surface area contributed by atoms with Crippen molar-refractivity contribution in [2.75, 3.05) is 39.4 Å². The van der Waals surface area contributed by atoms with E-state index in [0.29, 0.717) is 6.54 Å². The van der Waals surface area contributed by atoms with E-state index in [0.717, 1.165) is 42.9 Å². The van der Waals surface area contributed by atoms with Gasteiger partial charge in [0, 0.05) is 30.7 Å². The van der Waals surface area contributed by atoms with Gasteiger partial charge in [-0.1, -0.05) is 28.1 Å². The summed E-state index contributed by atoms with van der Waals surface area (Å²) in [5.41, 5.74) is 5.97. The summed E-state index contributed by atoms with van der Waals surface area (Å²) in [6.07, 6.45) is 0. The molecule has 1 fully saturated rings. The number of morpholine rings is 1. The molecule has 0 saturated carbocycles. The molecule has 1 atom stereocenters. The molecular weight excluding hydrogens is 405 g/mol. The largest absolute Gasteiger partial charge is 0.379 e. The van der Waals surface area contributed by atoms with E-state index < -0.39 is 5.54 Å². The first-order chi connectivity index (χ1) is 10.00. The Kier molecular flexibility index (Phi) is 10.3. The van der Waals surface area contributed by atoms with Crippen molar-refractivity contribution in [1.29, 1.82) is 0 Å². The van der Waals surface area contributed by atoms with Crippen molar-refractivity contribution in [2.45, 2.75) is 12.5 Å². The molecule has 0 radical (unpaired) electrons. The molecule has 23 heavy (non-hydrogen) atoms. The van der Waals surface area contributed by atoms with Crippen LogP contribution in [0.2, 0.25) is 0 Å². The Hall–Kier alpha value is -0.370. The SMILES string of the molecule is CC(N)(C(=O)NCCN1CCOCC1)c1ccc(Br)cc1.Cl.Cl. The number of hydrogen-bond acceptors (Lipinski definition) is 4. The maximum atomic E-state index is 12.3. The Morgan fingerprint density at radius 2 is 1.87 bits per heavy atom. The van der Waals surface area contributed by atoms with Crippen molar-refractivity contribution in [3.63, 3.8) is 0 Å². The third kappa shape index (κ3) is 6.57. The Morgan fingerprint density at radius 1 is 1.30 bits per heavy atom. The lowest BCUT2D eigenvalue weighted by Gasteiger charge is -2.28. The molecule has 8 heteroatoms. The van der Waals surface area contributed by atoms with E-state index in [-0.39, 0.29) is 30.7 Å². The molecule has 0 spiro atoms. The Balaban J connectivity index is 0.00000242. The maximum absolute atomic E-state index is 12.3. The van der Waals surface area contributed by atoms with Gasteiger partial charge in [-0.2, -0.15) is 0 Å². The van der Waals surface area contributed by atoms with Crippen LogP contribution in [0.5, 0.6) is 0 Å². The summed E-state index contributed by atoms with van der Waals surface area (Å²) in [5.74, 6) is -0.155. The van der Waals surface area contributed by atoms with Crippen LogP contribution in [0.3, 0.4) is 0 Å². The fourth-order valence-electron chi connectivity index (χ4n) is 2.26. The zero-order chi connectivity index (χ0) is 15.3. The number of carbonyl (C=O) groups excluding carboxylic acids is 1. The van der Waals surface area contributed by atoms with Crippen LogP contribution in [0.4, 0.5) is 0 Å². The zero-order valence-electron chi connectivity index (χ0n) is 13.1. The quantitative estimate of drug-likeness (QED) is 0.751. The number of hydrogen-bond donors (Lipinski definition) is 2. The van der Waals surface area contributed by atoms with Crippen LogP contribution in [0.15, 0.2) is 28.7 Å². The van der Waals surface area contributed by atoms with Gasteiger partial charge < -0.3 is 15.8 Å². The van der Waals surface area contributed by atoms with E-state index in [2.05, 4.69) is 26.1 Å². The van der Waals surface area contributed by atoms with Gasteiger partial charge in [0.1, 0.15) is 5.54 Å². The van der Waals surface area contributed by atoms with Gasteiger partial charge in [0.15, 0.2) is 0 Å². The first kappa shape index (κ1) is 22.6. The number of rotatable bonds is 5. The van der Waals surface area contributed by atoms with Gasteiger partial charge in [0.05, 0.1) is 13.2 Å². The second-order valence-electron chi connectivity index (χ2n) is 5.42. The number of ether oxygens (including phenoxy) is 1. The van der Waals surface area contributed by atoms with Gasteiger partial charge in [-0.05, 0) is 24.6 Å². The van der Waals surface area contributed by atoms with Crippen LogP contribution in [0.25, 0.3) is 0 Å². The Morgan fingerprint density at radius 3 is 2.43 bits per heavy atom. The second kappa shape index (κ2) is 10.5. The van der Waals surface area contributed by atoms with Crippen molar-refractivity contribution in [3.05, 3.63) is 34.3 Å². The Bertz CT molecular complexity index is 480. The van der Waals surface area contributed by atoms with Crippen LogP contribution < -0.4 is 11.1 Å². The number of nitrogens with zero attached hydrogens (tertiary/aromatic N) is 1. The molecule has 1 unspecified atom stereocenters. The van der Waals surface area contributed by atoms with Crippen molar-refractivity contribution in [1.82, 2.24) is 10.2 Å². The van der Waals surface area contributed by atoms with Crippen LogP contribution in [-0.2, 0) is 15.1 Å². The van der Waals surface area contributed by atoms with Crippen LogP contribution in [0, 0.1) is 0 Å². The summed E-state index contributed by atoms with van der Waals surface area (Å²) in [4.78, 5) is 14.6. The highest BCUT2D eigenvalue weighted by Gasteiger charge is 2.30. The molecule has 1 saturated heterocycles. The fourth-order valence-corrected chi connectivity index (χ4v) is 2.53. The summed E-state index contributed by atoms with van der Waals surface area (Å²) < 4.78 is 6.26. The number of halogens is 3. The summed E-state index contributed by atoms with van der Waals surface area (Å²) >= 11 is 3.38. The number of carbonyl (C=O) groups is 1. The topological polar surface area (TPSA) is 67.6 Å². The van der Waals surface area contributed by atoms with Crippen molar-refractivity contribution >= 4 is 46.7 Å². The molecule has 1 heterocycles. The standard InChI is InChI=1S/C15H22BrN3O2.2ClH/c1-15(17,12-2-4-13(16)5-3-12)14(20)18-6-7-19-8-10-21-11-9-19;;/h2-5H,6-11,17H2,1H3,(H,18,20);2*1H. The molecule has 1 aromatic rings. The normalized spacial score (nSPS) is 17.3. The molecule has 1 aliphatic heterocycles. The van der Waals surface area contributed by atoms with E-state index >= 15 is 0 Å². The van der Waals surface area contributed by atoms with E-state index in [1.807, 2.05) is 24.3 Å². The molecule has 0 aliphatic carbocycles. The van der Waals surface area contributed by atoms with E-state index in [1.165, 1.54) is 0 Å². The number of nitrogens with one attached hydrogen (secondary N) is 1. The minimum absolute atomic E-state index is 0. The minimum Gasteiger partial charge on any atom is -0.379 e. The van der Waals surface area contributed by atoms with Crippen molar-refractivity contribution < 1.29 is 9.53 Å². The summed E-state index contributed by atoms with van der Waals surface area (Å²) in [6.45, 7) is 6.53. The van der Waals surface area contributed by atoms with E-state index in [4.69, 9.17) is 10.5 Å². The lowest BCUT2D eigenvalue weighted by atomic mass is 9.92. The van der Waals surface area contributed by atoms with Crippen molar-refractivity contribution in [3.8, 4) is 0 Å². The molecule has 1 amide bonds. The number of nitrogens with two attached hydrogens (primary N) is 1. The van der Waals surface area contributed by atoms with Gasteiger partial charge in [0.2, 0.25) is 5.91 Å². The predicted molar refractivity (Wildman–Crippen MR) is 100 cm³/mol. The first-order valence-corrected chi connectivity index (χ1v) is 7.93. The predicted octanol–water partition coefficient (Wildman–Crippen LogP) is 1.92. The molecule has 132 valence electrons. The van der Waals surface area contributed by atoms with Crippen LogP contribution >= 0.6 is 40.7 Å². The molecule has 0 aromatic heterocycles. The molecule has 1 aromatic carbocycles. The monoisotopic (exact) mass is 427 g/mol. The zero-order valence-corrected chi connectivity index (χ0v) is 16.3.